The lowest BCUT2D eigenvalue weighted by molar-refractivity contribution is 0.115. The highest BCUT2D eigenvalue weighted by molar-refractivity contribution is 6.30. The van der Waals surface area contributed by atoms with E-state index in [2.05, 4.69) is 43.1 Å². The van der Waals surface area contributed by atoms with E-state index in [9.17, 15) is 0 Å². The Hall–Kier alpha value is -0.770. The van der Waals surface area contributed by atoms with Crippen molar-refractivity contribution in [3.05, 3.63) is 28.8 Å². The van der Waals surface area contributed by atoms with Crippen LogP contribution in [-0.4, -0.2) is 31.8 Å². The van der Waals surface area contributed by atoms with Gasteiger partial charge in [-0.2, -0.15) is 0 Å². The Kier molecular flexibility index (Phi) is 6.34. The molecule has 1 unspecified atom stereocenters. The Morgan fingerprint density at radius 3 is 2.86 bits per heavy atom. The number of nitrogens with one attached hydrogen (secondary N) is 1. The van der Waals surface area contributed by atoms with Crippen molar-refractivity contribution in [2.45, 2.75) is 52.3 Å². The molecule has 1 aliphatic rings. The van der Waals surface area contributed by atoms with E-state index in [0.29, 0.717) is 12.1 Å². The average Bonchev–Trinajstić information content (AvgIpc) is 2.96. The number of likely N-dealkylation sites (N-methyl/N-ethyl adjacent to an activating group) is 1. The van der Waals surface area contributed by atoms with Gasteiger partial charge in [-0.25, -0.2) is 0 Å². The summed E-state index contributed by atoms with van der Waals surface area (Å²) in [5, 5.41) is 4.28. The summed E-state index contributed by atoms with van der Waals surface area (Å²) in [6.45, 7) is 10.2. The Morgan fingerprint density at radius 1 is 1.43 bits per heavy atom. The fourth-order valence-corrected chi connectivity index (χ4v) is 2.94. The van der Waals surface area contributed by atoms with E-state index in [-0.39, 0.29) is 0 Å². The molecule has 2 rings (SSSR count). The standard InChI is InChI=1S/C17H27ClN2O/c1-4-20(12-16-6-5-9-21-16)17-8-7-15(18)10-14(17)11-19-13(2)3/h7-8,10,13,16,19H,4-6,9,11-12H2,1-3H3. The van der Waals surface area contributed by atoms with E-state index in [1.165, 1.54) is 24.1 Å². The molecule has 0 aromatic heterocycles. The number of benzene rings is 1. The highest BCUT2D eigenvalue weighted by Crippen LogP contribution is 2.26. The fraction of sp³-hybridized carbons (Fsp3) is 0.647. The third kappa shape index (κ3) is 4.87. The molecule has 21 heavy (non-hydrogen) atoms. The molecular weight excluding hydrogens is 284 g/mol. The molecule has 1 heterocycles. The van der Waals surface area contributed by atoms with Crippen molar-refractivity contribution < 1.29 is 4.74 Å². The highest BCUT2D eigenvalue weighted by atomic mass is 35.5. The average molecular weight is 311 g/mol. The second-order valence-electron chi connectivity index (χ2n) is 5.98. The second-order valence-corrected chi connectivity index (χ2v) is 6.42. The molecule has 0 radical (unpaired) electrons. The molecule has 1 aromatic rings. The minimum atomic E-state index is 0.367. The minimum Gasteiger partial charge on any atom is -0.376 e. The number of hydrogen-bond donors (Lipinski definition) is 1. The molecule has 1 fully saturated rings. The molecule has 1 aromatic carbocycles. The summed E-state index contributed by atoms with van der Waals surface area (Å²) in [5.41, 5.74) is 2.53. The van der Waals surface area contributed by atoms with Crippen LogP contribution in [0.5, 0.6) is 0 Å². The van der Waals surface area contributed by atoms with Crippen molar-refractivity contribution in [2.24, 2.45) is 0 Å². The first-order chi connectivity index (χ1) is 10.1. The Labute approximate surface area is 133 Å². The molecule has 1 saturated heterocycles. The van der Waals surface area contributed by atoms with E-state index < -0.39 is 0 Å². The maximum atomic E-state index is 6.18. The number of anilines is 1. The van der Waals surface area contributed by atoms with Gasteiger partial charge >= 0.3 is 0 Å². The normalized spacial score (nSPS) is 18.4. The zero-order chi connectivity index (χ0) is 15.2. The van der Waals surface area contributed by atoms with Gasteiger partial charge in [0.2, 0.25) is 0 Å². The summed E-state index contributed by atoms with van der Waals surface area (Å²) in [6, 6.07) is 6.65. The summed E-state index contributed by atoms with van der Waals surface area (Å²) in [5.74, 6) is 0. The van der Waals surface area contributed by atoms with Crippen molar-refractivity contribution >= 4 is 17.3 Å². The number of nitrogens with zero attached hydrogens (tertiary/aromatic N) is 1. The summed E-state index contributed by atoms with van der Waals surface area (Å²) >= 11 is 6.18. The lowest BCUT2D eigenvalue weighted by Gasteiger charge is -2.28. The van der Waals surface area contributed by atoms with Crippen molar-refractivity contribution in [1.82, 2.24) is 5.32 Å². The largest absolute Gasteiger partial charge is 0.376 e. The fourth-order valence-electron chi connectivity index (χ4n) is 2.75. The molecule has 0 aliphatic carbocycles. The number of ether oxygens (including phenoxy) is 1. The van der Waals surface area contributed by atoms with Crippen LogP contribution in [0.1, 0.15) is 39.2 Å². The quantitative estimate of drug-likeness (QED) is 0.828. The highest BCUT2D eigenvalue weighted by Gasteiger charge is 2.20. The topological polar surface area (TPSA) is 24.5 Å². The van der Waals surface area contributed by atoms with Gasteiger partial charge in [0.1, 0.15) is 0 Å². The molecule has 4 heteroatoms. The molecule has 3 nitrogen and oxygen atoms in total. The summed E-state index contributed by atoms with van der Waals surface area (Å²) in [6.07, 6.45) is 2.72. The van der Waals surface area contributed by atoms with Crippen LogP contribution in [0, 0.1) is 0 Å². The SMILES string of the molecule is CCN(CC1CCCO1)c1ccc(Cl)cc1CNC(C)C. The van der Waals surface area contributed by atoms with Gasteiger partial charge in [0, 0.05) is 43.0 Å². The van der Waals surface area contributed by atoms with Crippen molar-refractivity contribution in [3.8, 4) is 0 Å². The van der Waals surface area contributed by atoms with E-state index >= 15 is 0 Å². The van der Waals surface area contributed by atoms with E-state index in [1.54, 1.807) is 0 Å². The van der Waals surface area contributed by atoms with Crippen molar-refractivity contribution in [1.29, 1.82) is 0 Å². The molecule has 0 spiro atoms. The number of halogens is 1. The maximum Gasteiger partial charge on any atom is 0.0750 e. The Bertz CT molecular complexity index is 444. The molecule has 0 bridgehead atoms. The second kappa shape index (κ2) is 8.02. The van der Waals surface area contributed by atoms with E-state index in [4.69, 9.17) is 16.3 Å². The van der Waals surface area contributed by atoms with Gasteiger partial charge in [-0.05, 0) is 43.5 Å². The molecule has 0 amide bonds. The Balaban J connectivity index is 2.13. The Morgan fingerprint density at radius 2 is 2.24 bits per heavy atom. The minimum absolute atomic E-state index is 0.367. The third-order valence-corrected chi connectivity index (χ3v) is 4.15. The smallest absolute Gasteiger partial charge is 0.0750 e. The third-order valence-electron chi connectivity index (χ3n) is 3.91. The van der Waals surface area contributed by atoms with Gasteiger partial charge in [-0.15, -0.1) is 0 Å². The first-order valence-corrected chi connectivity index (χ1v) is 8.36. The lowest BCUT2D eigenvalue weighted by Crippen LogP contribution is -2.33. The zero-order valence-electron chi connectivity index (χ0n) is 13.4. The van der Waals surface area contributed by atoms with Crippen molar-refractivity contribution in [3.63, 3.8) is 0 Å². The first kappa shape index (κ1) is 16.6. The first-order valence-electron chi connectivity index (χ1n) is 7.98. The molecule has 1 atom stereocenters. The predicted octanol–water partition coefficient (Wildman–Crippen LogP) is 3.84. The van der Waals surface area contributed by atoms with Gasteiger partial charge in [-0.1, -0.05) is 25.4 Å². The van der Waals surface area contributed by atoms with Gasteiger partial charge in [0.15, 0.2) is 0 Å². The van der Waals surface area contributed by atoms with Crippen LogP contribution in [0.2, 0.25) is 5.02 Å². The van der Waals surface area contributed by atoms with Crippen LogP contribution in [0.15, 0.2) is 18.2 Å². The van der Waals surface area contributed by atoms with Gasteiger partial charge in [0.25, 0.3) is 0 Å². The molecule has 1 aliphatic heterocycles. The molecule has 118 valence electrons. The lowest BCUT2D eigenvalue weighted by atomic mass is 10.1. The predicted molar refractivity (Wildman–Crippen MR) is 90.3 cm³/mol. The van der Waals surface area contributed by atoms with Gasteiger partial charge < -0.3 is 15.0 Å². The van der Waals surface area contributed by atoms with Crippen LogP contribution in [0.3, 0.4) is 0 Å². The molecular formula is C17H27ClN2O. The van der Waals surface area contributed by atoms with Crippen LogP contribution in [-0.2, 0) is 11.3 Å². The monoisotopic (exact) mass is 310 g/mol. The van der Waals surface area contributed by atoms with Crippen LogP contribution >= 0.6 is 11.6 Å². The molecule has 1 N–H and O–H groups in total. The summed E-state index contributed by atoms with van der Waals surface area (Å²) < 4.78 is 5.79. The van der Waals surface area contributed by atoms with Crippen LogP contribution in [0.4, 0.5) is 5.69 Å². The molecule has 0 saturated carbocycles. The van der Waals surface area contributed by atoms with E-state index in [1.807, 2.05) is 6.07 Å². The number of rotatable bonds is 7. The number of hydrogen-bond acceptors (Lipinski definition) is 3. The van der Waals surface area contributed by atoms with Crippen molar-refractivity contribution in [2.75, 3.05) is 24.6 Å². The zero-order valence-corrected chi connectivity index (χ0v) is 14.1. The van der Waals surface area contributed by atoms with Crippen LogP contribution < -0.4 is 10.2 Å². The van der Waals surface area contributed by atoms with Gasteiger partial charge in [-0.3, -0.25) is 0 Å². The maximum absolute atomic E-state index is 6.18. The summed E-state index contributed by atoms with van der Waals surface area (Å²) in [7, 11) is 0. The summed E-state index contributed by atoms with van der Waals surface area (Å²) in [4.78, 5) is 2.41. The van der Waals surface area contributed by atoms with E-state index in [0.717, 1.165) is 31.3 Å². The van der Waals surface area contributed by atoms with Gasteiger partial charge in [0.05, 0.1) is 6.10 Å². The van der Waals surface area contributed by atoms with Crippen LogP contribution in [0.25, 0.3) is 0 Å².